The average Bonchev–Trinajstić information content (AvgIpc) is 2.98. The Balaban J connectivity index is 1.58. The molecule has 100 valence electrons. The van der Waals surface area contributed by atoms with Crippen molar-refractivity contribution in [3.05, 3.63) is 72.6 Å². The highest BCUT2D eigenvalue weighted by Gasteiger charge is 2.03. The van der Waals surface area contributed by atoms with Crippen LogP contribution in [-0.4, -0.2) is 20.5 Å². The van der Waals surface area contributed by atoms with Gasteiger partial charge < -0.3 is 0 Å². The lowest BCUT2D eigenvalue weighted by atomic mass is 10.2. The van der Waals surface area contributed by atoms with Gasteiger partial charge in [-0.25, -0.2) is 9.67 Å². The Morgan fingerprint density at radius 1 is 0.900 bits per heavy atom. The Morgan fingerprint density at radius 2 is 1.60 bits per heavy atom. The molecule has 1 aromatic heterocycles. The number of thioether (sulfide) groups is 1. The number of hydrogen-bond donors (Lipinski definition) is 0. The summed E-state index contributed by atoms with van der Waals surface area (Å²) >= 11 is 1.69. The number of aromatic nitrogens is 3. The van der Waals surface area contributed by atoms with Crippen LogP contribution in [0.4, 0.5) is 0 Å². The van der Waals surface area contributed by atoms with Crippen molar-refractivity contribution in [2.75, 3.05) is 5.75 Å². The molecule has 0 radical (unpaired) electrons. The molecule has 3 nitrogen and oxygen atoms in total. The molecular formula is C16H15N3S. The summed E-state index contributed by atoms with van der Waals surface area (Å²) in [6.45, 7) is 0. The standard InChI is InChI=1S/C16H15N3S/c1-3-7-14(8-4-1)11-12-20-16-17-13-19(18-16)15-9-5-2-6-10-15/h1-10,13H,11-12H2. The zero-order valence-electron chi connectivity index (χ0n) is 11.0. The molecule has 4 heteroatoms. The van der Waals surface area contributed by atoms with Crippen LogP contribution >= 0.6 is 11.8 Å². The Labute approximate surface area is 122 Å². The van der Waals surface area contributed by atoms with E-state index in [2.05, 4.69) is 34.3 Å². The van der Waals surface area contributed by atoms with Crippen molar-refractivity contribution >= 4 is 11.8 Å². The largest absolute Gasteiger partial charge is 0.220 e. The second-order valence-electron chi connectivity index (χ2n) is 4.39. The van der Waals surface area contributed by atoms with Crippen molar-refractivity contribution in [2.24, 2.45) is 0 Å². The fourth-order valence-corrected chi connectivity index (χ4v) is 2.71. The summed E-state index contributed by atoms with van der Waals surface area (Å²) < 4.78 is 1.81. The fraction of sp³-hybridized carbons (Fsp3) is 0.125. The van der Waals surface area contributed by atoms with Gasteiger partial charge in [0.2, 0.25) is 5.16 Å². The van der Waals surface area contributed by atoms with Gasteiger partial charge in [0.1, 0.15) is 6.33 Å². The van der Waals surface area contributed by atoms with E-state index in [4.69, 9.17) is 0 Å². The van der Waals surface area contributed by atoms with E-state index in [9.17, 15) is 0 Å². The van der Waals surface area contributed by atoms with Gasteiger partial charge in [-0.15, -0.1) is 5.10 Å². The zero-order valence-corrected chi connectivity index (χ0v) is 11.8. The van der Waals surface area contributed by atoms with E-state index < -0.39 is 0 Å². The lowest BCUT2D eigenvalue weighted by Crippen LogP contribution is -1.94. The first-order valence-corrected chi connectivity index (χ1v) is 7.54. The molecule has 0 aliphatic rings. The summed E-state index contributed by atoms with van der Waals surface area (Å²) in [5, 5.41) is 5.30. The molecule has 0 saturated carbocycles. The van der Waals surface area contributed by atoms with E-state index >= 15 is 0 Å². The molecule has 20 heavy (non-hydrogen) atoms. The van der Waals surface area contributed by atoms with Gasteiger partial charge in [-0.2, -0.15) is 0 Å². The van der Waals surface area contributed by atoms with Gasteiger partial charge in [0.05, 0.1) is 5.69 Å². The summed E-state index contributed by atoms with van der Waals surface area (Å²) in [5.74, 6) is 0.989. The number of nitrogens with zero attached hydrogens (tertiary/aromatic N) is 3. The molecule has 0 bridgehead atoms. The van der Waals surface area contributed by atoms with Gasteiger partial charge in [0.15, 0.2) is 0 Å². The van der Waals surface area contributed by atoms with Crippen molar-refractivity contribution in [2.45, 2.75) is 11.6 Å². The first kappa shape index (κ1) is 12.9. The smallest absolute Gasteiger partial charge is 0.208 e. The van der Waals surface area contributed by atoms with E-state index in [1.807, 2.05) is 41.1 Å². The molecule has 3 rings (SSSR count). The second kappa shape index (κ2) is 6.39. The molecule has 0 spiro atoms. The second-order valence-corrected chi connectivity index (χ2v) is 5.45. The SMILES string of the molecule is c1ccc(CCSc2ncn(-c3ccccc3)n2)cc1. The third-order valence-corrected chi connectivity index (χ3v) is 3.81. The van der Waals surface area contributed by atoms with Crippen LogP contribution in [0.5, 0.6) is 0 Å². The summed E-state index contributed by atoms with van der Waals surface area (Å²) in [4.78, 5) is 4.34. The van der Waals surface area contributed by atoms with Crippen LogP contribution in [-0.2, 0) is 6.42 Å². The normalized spacial score (nSPS) is 10.6. The molecule has 1 heterocycles. The first-order valence-electron chi connectivity index (χ1n) is 6.55. The molecule has 0 fully saturated rings. The van der Waals surface area contributed by atoms with E-state index in [0.29, 0.717) is 0 Å². The van der Waals surface area contributed by atoms with Gasteiger partial charge >= 0.3 is 0 Å². The minimum absolute atomic E-state index is 0.824. The summed E-state index contributed by atoms with van der Waals surface area (Å²) in [5.41, 5.74) is 2.39. The highest BCUT2D eigenvalue weighted by atomic mass is 32.2. The van der Waals surface area contributed by atoms with E-state index in [-0.39, 0.29) is 0 Å². The summed E-state index contributed by atoms with van der Waals surface area (Å²) in [6.07, 6.45) is 2.80. The molecule has 2 aromatic carbocycles. The van der Waals surface area contributed by atoms with Gasteiger partial charge in [-0.05, 0) is 24.1 Å². The van der Waals surface area contributed by atoms with E-state index in [1.165, 1.54) is 5.56 Å². The Hall–Kier alpha value is -2.07. The topological polar surface area (TPSA) is 30.7 Å². The molecule has 0 aliphatic carbocycles. The number of para-hydroxylation sites is 1. The molecule has 3 aromatic rings. The monoisotopic (exact) mass is 281 g/mol. The molecule has 0 N–H and O–H groups in total. The van der Waals surface area contributed by atoms with Crippen LogP contribution < -0.4 is 0 Å². The minimum Gasteiger partial charge on any atom is -0.220 e. The Bertz CT molecular complexity index is 650. The molecule has 0 unspecified atom stereocenters. The van der Waals surface area contributed by atoms with E-state index in [0.717, 1.165) is 23.0 Å². The summed E-state index contributed by atoms with van der Waals surface area (Å²) in [6, 6.07) is 20.5. The van der Waals surface area contributed by atoms with Crippen LogP contribution in [0.3, 0.4) is 0 Å². The van der Waals surface area contributed by atoms with Crippen molar-refractivity contribution in [1.29, 1.82) is 0 Å². The van der Waals surface area contributed by atoms with Crippen molar-refractivity contribution in [3.63, 3.8) is 0 Å². The maximum Gasteiger partial charge on any atom is 0.208 e. The van der Waals surface area contributed by atoms with Gasteiger partial charge in [0, 0.05) is 5.75 Å². The molecular weight excluding hydrogens is 266 g/mol. The quantitative estimate of drug-likeness (QED) is 0.669. The number of benzene rings is 2. The van der Waals surface area contributed by atoms with Crippen LogP contribution in [0.25, 0.3) is 5.69 Å². The van der Waals surface area contributed by atoms with Crippen LogP contribution in [0.15, 0.2) is 72.1 Å². The van der Waals surface area contributed by atoms with Crippen LogP contribution in [0, 0.1) is 0 Å². The van der Waals surface area contributed by atoms with Crippen molar-refractivity contribution in [1.82, 2.24) is 14.8 Å². The van der Waals surface area contributed by atoms with Gasteiger partial charge in [-0.1, -0.05) is 60.3 Å². The lowest BCUT2D eigenvalue weighted by Gasteiger charge is -1.99. The number of aryl methyl sites for hydroxylation is 1. The Kier molecular flexibility index (Phi) is 4.13. The molecule has 0 amide bonds. The molecule has 0 saturated heterocycles. The highest BCUT2D eigenvalue weighted by Crippen LogP contribution is 2.15. The fourth-order valence-electron chi connectivity index (χ4n) is 1.92. The summed E-state index contributed by atoms with van der Waals surface area (Å²) in [7, 11) is 0. The minimum atomic E-state index is 0.824. The maximum atomic E-state index is 4.48. The van der Waals surface area contributed by atoms with Gasteiger partial charge in [-0.3, -0.25) is 0 Å². The molecule has 0 atom stereocenters. The lowest BCUT2D eigenvalue weighted by molar-refractivity contribution is 0.834. The number of hydrogen-bond acceptors (Lipinski definition) is 3. The third-order valence-electron chi connectivity index (χ3n) is 2.96. The number of rotatable bonds is 5. The van der Waals surface area contributed by atoms with Crippen molar-refractivity contribution in [3.8, 4) is 5.69 Å². The predicted molar refractivity (Wildman–Crippen MR) is 82.2 cm³/mol. The zero-order chi connectivity index (χ0) is 13.6. The van der Waals surface area contributed by atoms with Crippen LogP contribution in [0.1, 0.15) is 5.56 Å². The van der Waals surface area contributed by atoms with E-state index in [1.54, 1.807) is 18.1 Å². The predicted octanol–water partition coefficient (Wildman–Crippen LogP) is 3.60. The van der Waals surface area contributed by atoms with Crippen LogP contribution in [0.2, 0.25) is 0 Å². The van der Waals surface area contributed by atoms with Crippen molar-refractivity contribution < 1.29 is 0 Å². The highest BCUT2D eigenvalue weighted by molar-refractivity contribution is 7.99. The Morgan fingerprint density at radius 3 is 2.35 bits per heavy atom. The maximum absolute atomic E-state index is 4.48. The third kappa shape index (κ3) is 3.27. The first-order chi connectivity index (χ1) is 9.92. The van der Waals surface area contributed by atoms with Gasteiger partial charge in [0.25, 0.3) is 0 Å². The average molecular weight is 281 g/mol. The molecule has 0 aliphatic heterocycles.